The molecule has 1 heterocycles. The molecule has 0 aliphatic carbocycles. The Bertz CT molecular complexity index is 555. The van der Waals surface area contributed by atoms with E-state index in [9.17, 15) is 4.79 Å². The Balaban J connectivity index is 1.97. The predicted molar refractivity (Wildman–Crippen MR) is 73.4 cm³/mol. The number of aromatic nitrogens is 3. The molecule has 0 spiro atoms. The zero-order chi connectivity index (χ0) is 13.7. The van der Waals surface area contributed by atoms with E-state index < -0.39 is 0 Å². The van der Waals surface area contributed by atoms with E-state index in [0.29, 0.717) is 23.7 Å². The predicted octanol–water partition coefficient (Wildman–Crippen LogP) is 1.40. The van der Waals surface area contributed by atoms with Crippen LogP contribution < -0.4 is 10.6 Å². The van der Waals surface area contributed by atoms with Crippen LogP contribution in [0.1, 0.15) is 10.4 Å². The highest BCUT2D eigenvalue weighted by atomic mass is 35.5. The summed E-state index contributed by atoms with van der Waals surface area (Å²) in [7, 11) is 1.76. The molecule has 0 aliphatic heterocycles. The van der Waals surface area contributed by atoms with Gasteiger partial charge in [-0.3, -0.25) is 9.48 Å². The zero-order valence-corrected chi connectivity index (χ0v) is 11.2. The van der Waals surface area contributed by atoms with Crippen molar-refractivity contribution in [3.8, 4) is 0 Å². The second kappa shape index (κ2) is 6.19. The summed E-state index contributed by atoms with van der Waals surface area (Å²) < 4.78 is 1.65. The minimum atomic E-state index is -0.174. The number of nitrogens with one attached hydrogen (secondary N) is 2. The molecule has 0 aliphatic rings. The van der Waals surface area contributed by atoms with Gasteiger partial charge in [0.05, 0.1) is 18.3 Å². The Morgan fingerprint density at radius 1 is 1.47 bits per heavy atom. The van der Waals surface area contributed by atoms with Crippen molar-refractivity contribution in [1.82, 2.24) is 20.3 Å². The van der Waals surface area contributed by atoms with Gasteiger partial charge in [0, 0.05) is 30.5 Å². The molecule has 0 unspecified atom stereocenters. The third-order valence-corrected chi connectivity index (χ3v) is 2.83. The molecule has 1 aromatic heterocycles. The maximum atomic E-state index is 12.1. The van der Waals surface area contributed by atoms with Crippen molar-refractivity contribution in [1.29, 1.82) is 0 Å². The molecule has 6 nitrogen and oxygen atoms in total. The van der Waals surface area contributed by atoms with Gasteiger partial charge in [0.15, 0.2) is 0 Å². The summed E-state index contributed by atoms with van der Waals surface area (Å²) in [6.07, 6.45) is 3.34. The van der Waals surface area contributed by atoms with Crippen molar-refractivity contribution >= 4 is 23.2 Å². The van der Waals surface area contributed by atoms with Crippen LogP contribution in [0.25, 0.3) is 0 Å². The van der Waals surface area contributed by atoms with Crippen molar-refractivity contribution in [3.05, 3.63) is 41.2 Å². The van der Waals surface area contributed by atoms with Crippen LogP contribution >= 0.6 is 11.6 Å². The molecule has 1 aromatic carbocycles. The number of anilines is 1. The van der Waals surface area contributed by atoms with Gasteiger partial charge < -0.3 is 10.6 Å². The van der Waals surface area contributed by atoms with Crippen LogP contribution in [0.2, 0.25) is 5.02 Å². The highest BCUT2D eigenvalue weighted by molar-refractivity contribution is 6.31. The Labute approximate surface area is 115 Å². The van der Waals surface area contributed by atoms with Gasteiger partial charge in [0.1, 0.15) is 0 Å². The molecule has 0 atom stereocenters. The highest BCUT2D eigenvalue weighted by Gasteiger charge is 2.10. The van der Waals surface area contributed by atoms with Crippen molar-refractivity contribution in [3.63, 3.8) is 0 Å². The standard InChI is InChI=1S/C12H14ClN5O/c1-14-11-3-2-9(13)8-10(11)12(19)15-4-6-18-7-5-16-17-18/h2-3,5,7-8,14H,4,6H2,1H3,(H,15,19). The van der Waals surface area contributed by atoms with Crippen LogP contribution in [-0.4, -0.2) is 34.5 Å². The van der Waals surface area contributed by atoms with E-state index in [0.717, 1.165) is 5.69 Å². The third-order valence-electron chi connectivity index (χ3n) is 2.59. The van der Waals surface area contributed by atoms with Gasteiger partial charge in [-0.25, -0.2) is 0 Å². The van der Waals surface area contributed by atoms with Gasteiger partial charge in [-0.2, -0.15) is 0 Å². The van der Waals surface area contributed by atoms with Gasteiger partial charge in [-0.15, -0.1) is 5.10 Å². The van der Waals surface area contributed by atoms with Crippen LogP contribution in [0.4, 0.5) is 5.69 Å². The fourth-order valence-corrected chi connectivity index (χ4v) is 1.83. The summed E-state index contributed by atoms with van der Waals surface area (Å²) in [6, 6.07) is 5.15. The fraction of sp³-hybridized carbons (Fsp3) is 0.250. The van der Waals surface area contributed by atoms with Gasteiger partial charge in [0.25, 0.3) is 5.91 Å². The monoisotopic (exact) mass is 279 g/mol. The van der Waals surface area contributed by atoms with E-state index in [1.54, 1.807) is 42.3 Å². The lowest BCUT2D eigenvalue weighted by Gasteiger charge is -2.10. The van der Waals surface area contributed by atoms with E-state index in [1.165, 1.54) is 0 Å². The highest BCUT2D eigenvalue weighted by Crippen LogP contribution is 2.20. The number of halogens is 1. The largest absolute Gasteiger partial charge is 0.387 e. The number of carbonyl (C=O) groups excluding carboxylic acids is 1. The molecule has 2 rings (SSSR count). The zero-order valence-electron chi connectivity index (χ0n) is 10.4. The quantitative estimate of drug-likeness (QED) is 0.868. The van der Waals surface area contributed by atoms with Gasteiger partial charge in [-0.05, 0) is 18.2 Å². The molecule has 0 bridgehead atoms. The lowest BCUT2D eigenvalue weighted by Crippen LogP contribution is -2.28. The summed E-state index contributed by atoms with van der Waals surface area (Å²) in [4.78, 5) is 12.1. The molecule has 0 radical (unpaired) electrons. The van der Waals surface area contributed by atoms with Gasteiger partial charge >= 0.3 is 0 Å². The van der Waals surface area contributed by atoms with Crippen LogP contribution in [0.3, 0.4) is 0 Å². The second-order valence-electron chi connectivity index (χ2n) is 3.86. The van der Waals surface area contributed by atoms with Gasteiger partial charge in [0.2, 0.25) is 0 Å². The van der Waals surface area contributed by atoms with Crippen LogP contribution in [0, 0.1) is 0 Å². The van der Waals surface area contributed by atoms with Crippen LogP contribution in [-0.2, 0) is 6.54 Å². The molecule has 0 saturated heterocycles. The first kappa shape index (κ1) is 13.4. The number of amides is 1. The fourth-order valence-electron chi connectivity index (χ4n) is 1.65. The van der Waals surface area contributed by atoms with Crippen LogP contribution in [0.5, 0.6) is 0 Å². The number of carbonyl (C=O) groups is 1. The lowest BCUT2D eigenvalue weighted by molar-refractivity contribution is 0.0952. The van der Waals surface area contributed by atoms with Crippen molar-refractivity contribution < 1.29 is 4.79 Å². The lowest BCUT2D eigenvalue weighted by atomic mass is 10.1. The molecule has 2 aromatic rings. The smallest absolute Gasteiger partial charge is 0.253 e. The molecule has 2 N–H and O–H groups in total. The third kappa shape index (κ3) is 3.45. The van der Waals surface area contributed by atoms with Crippen LogP contribution in [0.15, 0.2) is 30.6 Å². The molecule has 19 heavy (non-hydrogen) atoms. The molecule has 1 amide bonds. The topological polar surface area (TPSA) is 71.8 Å². The molecular weight excluding hydrogens is 266 g/mol. The molecule has 0 fully saturated rings. The van der Waals surface area contributed by atoms with Crippen molar-refractivity contribution in [2.24, 2.45) is 0 Å². The first-order valence-corrected chi connectivity index (χ1v) is 6.18. The summed E-state index contributed by atoms with van der Waals surface area (Å²) in [5.74, 6) is -0.174. The Hall–Kier alpha value is -2.08. The normalized spacial score (nSPS) is 10.2. The SMILES string of the molecule is CNc1ccc(Cl)cc1C(=O)NCCn1ccnn1. The molecule has 7 heteroatoms. The maximum Gasteiger partial charge on any atom is 0.253 e. The summed E-state index contributed by atoms with van der Waals surface area (Å²) in [5.41, 5.74) is 1.26. The Kier molecular flexibility index (Phi) is 4.35. The average molecular weight is 280 g/mol. The summed E-state index contributed by atoms with van der Waals surface area (Å²) in [6.45, 7) is 1.04. The maximum absolute atomic E-state index is 12.1. The number of benzene rings is 1. The summed E-state index contributed by atoms with van der Waals surface area (Å²) >= 11 is 5.90. The average Bonchev–Trinajstić information content (AvgIpc) is 2.91. The van der Waals surface area contributed by atoms with E-state index in [2.05, 4.69) is 20.9 Å². The Morgan fingerprint density at radius 3 is 3.00 bits per heavy atom. The first-order chi connectivity index (χ1) is 9.20. The number of rotatable bonds is 5. The number of hydrogen-bond acceptors (Lipinski definition) is 4. The van der Waals surface area contributed by atoms with E-state index in [4.69, 9.17) is 11.6 Å². The Morgan fingerprint density at radius 2 is 2.32 bits per heavy atom. The second-order valence-corrected chi connectivity index (χ2v) is 4.30. The van der Waals surface area contributed by atoms with Crippen molar-refractivity contribution in [2.75, 3.05) is 18.9 Å². The molecule has 0 saturated carbocycles. The molecule has 100 valence electrons. The van der Waals surface area contributed by atoms with Crippen molar-refractivity contribution in [2.45, 2.75) is 6.54 Å². The minimum Gasteiger partial charge on any atom is -0.387 e. The molecular formula is C12H14ClN5O. The summed E-state index contributed by atoms with van der Waals surface area (Å²) in [5, 5.41) is 13.8. The van der Waals surface area contributed by atoms with Gasteiger partial charge in [-0.1, -0.05) is 16.8 Å². The van der Waals surface area contributed by atoms with E-state index >= 15 is 0 Å². The van der Waals surface area contributed by atoms with E-state index in [1.807, 2.05) is 0 Å². The number of hydrogen-bond donors (Lipinski definition) is 2. The minimum absolute atomic E-state index is 0.174. The number of nitrogens with zero attached hydrogens (tertiary/aromatic N) is 3. The van der Waals surface area contributed by atoms with E-state index in [-0.39, 0.29) is 5.91 Å². The first-order valence-electron chi connectivity index (χ1n) is 5.80.